The Morgan fingerprint density at radius 3 is 2.77 bits per heavy atom. The average Bonchev–Trinajstić information content (AvgIpc) is 3.30. The molecule has 30 heavy (non-hydrogen) atoms. The fourth-order valence-corrected chi connectivity index (χ4v) is 5.32. The Kier molecular flexibility index (Phi) is 6.43. The highest BCUT2D eigenvalue weighted by Crippen LogP contribution is 2.27. The van der Waals surface area contributed by atoms with Crippen molar-refractivity contribution in [1.82, 2.24) is 19.2 Å². The third kappa shape index (κ3) is 4.12. The molecule has 3 heterocycles. The molecule has 3 aromatic rings. The summed E-state index contributed by atoms with van der Waals surface area (Å²) in [6, 6.07) is 4.60. The summed E-state index contributed by atoms with van der Waals surface area (Å²) in [5.74, 6) is 0.948. The van der Waals surface area contributed by atoms with Crippen molar-refractivity contribution < 1.29 is 9.84 Å². The number of hydrogen-bond acceptors (Lipinski definition) is 6. The molecule has 2 aromatic heterocycles. The summed E-state index contributed by atoms with van der Waals surface area (Å²) in [7, 11) is 1.73. The minimum atomic E-state index is 0.218. The average molecular weight is 429 g/mol. The Morgan fingerprint density at radius 1 is 1.17 bits per heavy atom. The van der Waals surface area contributed by atoms with E-state index in [1.54, 1.807) is 18.4 Å². The van der Waals surface area contributed by atoms with Crippen LogP contribution in [-0.2, 0) is 13.1 Å². The lowest BCUT2D eigenvalue weighted by Crippen LogP contribution is -2.52. The number of aliphatic hydroxyl groups excluding tert-OH is 1. The smallest absolute Gasteiger partial charge is 0.194 e. The Balaban J connectivity index is 1.48. The van der Waals surface area contributed by atoms with Crippen molar-refractivity contribution in [3.05, 3.63) is 51.8 Å². The van der Waals surface area contributed by atoms with Crippen LogP contribution in [0.5, 0.6) is 5.75 Å². The van der Waals surface area contributed by atoms with Crippen molar-refractivity contribution in [1.29, 1.82) is 0 Å². The number of imidazole rings is 1. The van der Waals surface area contributed by atoms with E-state index in [0.29, 0.717) is 6.04 Å². The monoisotopic (exact) mass is 428 g/mol. The maximum absolute atomic E-state index is 9.70. The zero-order chi connectivity index (χ0) is 21.3. The largest absolute Gasteiger partial charge is 0.496 e. The first-order chi connectivity index (χ1) is 14.5. The summed E-state index contributed by atoms with van der Waals surface area (Å²) in [6.07, 6.45) is 2.91. The minimum absolute atomic E-state index is 0.218. The highest BCUT2D eigenvalue weighted by atomic mass is 32.1. The third-order valence-electron chi connectivity index (χ3n) is 6.53. The van der Waals surface area contributed by atoms with Gasteiger partial charge in [-0.25, -0.2) is 4.98 Å². The molecular formula is C23H32N4O2S. The second-order valence-electron chi connectivity index (χ2n) is 8.25. The molecule has 162 valence electrons. The Bertz CT molecular complexity index is 1010. The second kappa shape index (κ2) is 9.06. The molecular weight excluding hydrogens is 396 g/mol. The van der Waals surface area contributed by atoms with E-state index < -0.39 is 0 Å². The lowest BCUT2D eigenvalue weighted by Gasteiger charge is -2.41. The number of methoxy groups -OCH3 is 1. The van der Waals surface area contributed by atoms with Gasteiger partial charge in [0.15, 0.2) is 4.96 Å². The fourth-order valence-electron chi connectivity index (χ4n) is 4.54. The first-order valence-corrected chi connectivity index (χ1v) is 11.5. The molecule has 4 rings (SSSR count). The van der Waals surface area contributed by atoms with Gasteiger partial charge in [-0.3, -0.25) is 14.2 Å². The Hall–Kier alpha value is -1.93. The van der Waals surface area contributed by atoms with Gasteiger partial charge in [-0.2, -0.15) is 0 Å². The fraction of sp³-hybridized carbons (Fsp3) is 0.522. The zero-order valence-electron chi connectivity index (χ0n) is 18.4. The molecule has 0 saturated carbocycles. The normalized spacial score (nSPS) is 18.4. The van der Waals surface area contributed by atoms with Gasteiger partial charge in [0.2, 0.25) is 0 Å². The lowest BCUT2D eigenvalue weighted by atomic mass is 10.00. The SMILES string of the molecule is COc1ccc(CN2CCN(Cc3c(C)nc4sccn34)C[C@H]2CCO)c(C)c1C. The third-order valence-corrected chi connectivity index (χ3v) is 7.29. The van der Waals surface area contributed by atoms with Crippen LogP contribution in [0.2, 0.25) is 0 Å². The van der Waals surface area contributed by atoms with E-state index in [1.807, 2.05) is 0 Å². The van der Waals surface area contributed by atoms with Crippen LogP contribution < -0.4 is 4.74 Å². The molecule has 1 aliphatic rings. The van der Waals surface area contributed by atoms with Crippen LogP contribution in [0.3, 0.4) is 0 Å². The number of benzene rings is 1. The number of ether oxygens (including phenoxy) is 1. The number of rotatable bonds is 7. The lowest BCUT2D eigenvalue weighted by molar-refractivity contribution is 0.0490. The van der Waals surface area contributed by atoms with Gasteiger partial charge in [0.1, 0.15) is 5.75 Å². The van der Waals surface area contributed by atoms with Crippen molar-refractivity contribution in [2.24, 2.45) is 0 Å². The summed E-state index contributed by atoms with van der Waals surface area (Å²) in [5.41, 5.74) is 6.25. The van der Waals surface area contributed by atoms with Gasteiger partial charge in [0.05, 0.1) is 18.5 Å². The molecule has 0 radical (unpaired) electrons. The molecule has 0 unspecified atom stereocenters. The van der Waals surface area contributed by atoms with Crippen LogP contribution in [0.15, 0.2) is 23.7 Å². The van der Waals surface area contributed by atoms with Crippen molar-refractivity contribution in [2.45, 2.75) is 46.3 Å². The highest BCUT2D eigenvalue weighted by Gasteiger charge is 2.28. The highest BCUT2D eigenvalue weighted by molar-refractivity contribution is 7.15. The number of hydrogen-bond donors (Lipinski definition) is 1. The molecule has 7 heteroatoms. The van der Waals surface area contributed by atoms with E-state index in [-0.39, 0.29) is 6.61 Å². The van der Waals surface area contributed by atoms with Crippen LogP contribution >= 0.6 is 11.3 Å². The van der Waals surface area contributed by atoms with Gasteiger partial charge >= 0.3 is 0 Å². The van der Waals surface area contributed by atoms with Gasteiger partial charge in [0, 0.05) is 56.9 Å². The van der Waals surface area contributed by atoms with E-state index in [4.69, 9.17) is 9.72 Å². The predicted molar refractivity (Wildman–Crippen MR) is 121 cm³/mol. The molecule has 0 bridgehead atoms. The number of aromatic nitrogens is 2. The molecule has 1 N–H and O–H groups in total. The number of fused-ring (bicyclic) bond motifs is 1. The molecule has 1 aliphatic heterocycles. The van der Waals surface area contributed by atoms with Crippen molar-refractivity contribution >= 4 is 16.3 Å². The first-order valence-electron chi connectivity index (χ1n) is 10.6. The number of nitrogens with zero attached hydrogens (tertiary/aromatic N) is 4. The molecule has 1 saturated heterocycles. The molecule has 1 atom stereocenters. The molecule has 1 fully saturated rings. The van der Waals surface area contributed by atoms with Crippen LogP contribution in [0.25, 0.3) is 4.96 Å². The van der Waals surface area contributed by atoms with Gasteiger partial charge in [-0.1, -0.05) is 6.07 Å². The summed E-state index contributed by atoms with van der Waals surface area (Å²) in [6.45, 7) is 11.4. The topological polar surface area (TPSA) is 53.2 Å². The van der Waals surface area contributed by atoms with E-state index >= 15 is 0 Å². The molecule has 6 nitrogen and oxygen atoms in total. The van der Waals surface area contributed by atoms with Gasteiger partial charge in [0.25, 0.3) is 0 Å². The van der Waals surface area contributed by atoms with Crippen molar-refractivity contribution in [2.75, 3.05) is 33.4 Å². The molecule has 1 aromatic carbocycles. The van der Waals surface area contributed by atoms with Gasteiger partial charge in [-0.05, 0) is 49.9 Å². The second-order valence-corrected chi connectivity index (χ2v) is 9.12. The van der Waals surface area contributed by atoms with Gasteiger partial charge in [-0.15, -0.1) is 11.3 Å². The molecule has 0 spiro atoms. The maximum atomic E-state index is 9.70. The quantitative estimate of drug-likeness (QED) is 0.625. The van der Waals surface area contributed by atoms with Gasteiger partial charge < -0.3 is 9.84 Å². The summed E-state index contributed by atoms with van der Waals surface area (Å²) >= 11 is 1.68. The van der Waals surface area contributed by atoms with Crippen LogP contribution in [0.1, 0.15) is 34.5 Å². The first kappa shape index (κ1) is 21.3. The van der Waals surface area contributed by atoms with Crippen molar-refractivity contribution in [3.63, 3.8) is 0 Å². The summed E-state index contributed by atoms with van der Waals surface area (Å²) in [4.78, 5) is 10.8. The van der Waals surface area contributed by atoms with Crippen LogP contribution in [0, 0.1) is 20.8 Å². The zero-order valence-corrected chi connectivity index (χ0v) is 19.2. The van der Waals surface area contributed by atoms with Crippen molar-refractivity contribution in [3.8, 4) is 5.75 Å². The van der Waals surface area contributed by atoms with Crippen LogP contribution in [0.4, 0.5) is 0 Å². The summed E-state index contributed by atoms with van der Waals surface area (Å²) < 4.78 is 7.69. The Labute approximate surface area is 182 Å². The number of aryl methyl sites for hydroxylation is 1. The number of aliphatic hydroxyl groups is 1. The number of piperazine rings is 1. The molecule has 0 amide bonds. The summed E-state index contributed by atoms with van der Waals surface area (Å²) in [5, 5.41) is 11.8. The molecule has 0 aliphatic carbocycles. The van der Waals surface area contributed by atoms with Crippen LogP contribution in [-0.4, -0.2) is 63.7 Å². The van der Waals surface area contributed by atoms with E-state index in [0.717, 1.165) is 55.5 Å². The Morgan fingerprint density at radius 2 is 2.00 bits per heavy atom. The standard InChI is InChI=1S/C23H32N4O2S/c1-16-17(2)22(29-4)6-5-19(16)13-26-9-8-25(14-20(26)7-11-28)15-21-18(3)24-23-27(21)10-12-30-23/h5-6,10,12,20,28H,7-9,11,13-15H2,1-4H3/t20-/m1/s1. The maximum Gasteiger partial charge on any atom is 0.194 e. The minimum Gasteiger partial charge on any atom is -0.496 e. The predicted octanol–water partition coefficient (Wildman–Crippen LogP) is 3.40. The van der Waals surface area contributed by atoms with E-state index in [2.05, 4.69) is 58.7 Å². The van der Waals surface area contributed by atoms with E-state index in [9.17, 15) is 5.11 Å². The van der Waals surface area contributed by atoms with E-state index in [1.165, 1.54) is 22.4 Å². The number of thiazole rings is 1.